The van der Waals surface area contributed by atoms with Crippen LogP contribution in [0.15, 0.2) is 24.3 Å². The summed E-state index contributed by atoms with van der Waals surface area (Å²) < 4.78 is 0. The molecule has 2 rings (SSSR count). The van der Waals surface area contributed by atoms with E-state index in [0.717, 1.165) is 0 Å². The highest BCUT2D eigenvalue weighted by molar-refractivity contribution is 5.98. The van der Waals surface area contributed by atoms with E-state index in [1.807, 2.05) is 6.92 Å². The summed E-state index contributed by atoms with van der Waals surface area (Å²) >= 11 is 0. The van der Waals surface area contributed by atoms with Crippen molar-refractivity contribution in [3.63, 3.8) is 0 Å². The maximum absolute atomic E-state index is 12.0. The van der Waals surface area contributed by atoms with Crippen molar-refractivity contribution in [1.29, 1.82) is 0 Å². The Morgan fingerprint density at radius 2 is 1.90 bits per heavy atom. The van der Waals surface area contributed by atoms with E-state index in [4.69, 9.17) is 0 Å². The molecule has 2 unspecified atom stereocenters. The molecular formula is C15H20N2O3. The van der Waals surface area contributed by atoms with E-state index >= 15 is 0 Å². The first-order chi connectivity index (χ1) is 9.61. The molecule has 0 aliphatic carbocycles. The van der Waals surface area contributed by atoms with Gasteiger partial charge in [0.05, 0.1) is 6.10 Å². The molecule has 108 valence electrons. The van der Waals surface area contributed by atoms with Gasteiger partial charge in [0.2, 0.25) is 0 Å². The van der Waals surface area contributed by atoms with E-state index in [1.165, 1.54) is 0 Å². The van der Waals surface area contributed by atoms with Gasteiger partial charge in [0, 0.05) is 43.1 Å². The average Bonchev–Trinajstić information content (AvgIpc) is 2.89. The Balaban J connectivity index is 1.90. The lowest BCUT2D eigenvalue weighted by molar-refractivity contribution is 0.0924. The Kier molecular flexibility index (Phi) is 4.87. The molecule has 5 nitrogen and oxygen atoms in total. The summed E-state index contributed by atoms with van der Waals surface area (Å²) in [5, 5.41) is 15.5. The lowest BCUT2D eigenvalue weighted by atomic mass is 10.0. The smallest absolute Gasteiger partial charge is 0.251 e. The molecule has 5 heteroatoms. The van der Waals surface area contributed by atoms with Crippen molar-refractivity contribution in [3.05, 3.63) is 35.4 Å². The number of carbonyl (C=O) groups is 2. The van der Waals surface area contributed by atoms with Crippen LogP contribution in [0.2, 0.25) is 0 Å². The van der Waals surface area contributed by atoms with Crippen molar-refractivity contribution in [3.8, 4) is 0 Å². The standard InChI is InChI=1S/C15H20N2O3/c1-2-13(18)10-3-5-11(6-4-10)15(20)17-8-12-7-16-9-14(12)19/h3-6,12,14,16,19H,2,7-9H2,1H3,(H,17,20). The van der Waals surface area contributed by atoms with Crippen LogP contribution in [-0.4, -0.2) is 42.5 Å². The number of ketones is 1. The van der Waals surface area contributed by atoms with Crippen molar-refractivity contribution in [1.82, 2.24) is 10.6 Å². The predicted octanol–water partition coefficient (Wildman–Crippen LogP) is 0.589. The van der Waals surface area contributed by atoms with Crippen molar-refractivity contribution < 1.29 is 14.7 Å². The number of nitrogens with one attached hydrogen (secondary N) is 2. The Bertz CT molecular complexity index is 484. The zero-order chi connectivity index (χ0) is 14.5. The molecule has 1 aromatic carbocycles. The van der Waals surface area contributed by atoms with Crippen molar-refractivity contribution >= 4 is 11.7 Å². The highest BCUT2D eigenvalue weighted by Gasteiger charge is 2.25. The van der Waals surface area contributed by atoms with Gasteiger partial charge >= 0.3 is 0 Å². The van der Waals surface area contributed by atoms with Gasteiger partial charge in [-0.15, -0.1) is 0 Å². The van der Waals surface area contributed by atoms with Crippen LogP contribution in [0, 0.1) is 5.92 Å². The Morgan fingerprint density at radius 1 is 1.25 bits per heavy atom. The number of amides is 1. The molecular weight excluding hydrogens is 256 g/mol. The molecule has 1 saturated heterocycles. The second-order valence-corrected chi connectivity index (χ2v) is 5.05. The second kappa shape index (κ2) is 6.63. The number of carbonyl (C=O) groups excluding carboxylic acids is 2. The number of hydrogen-bond acceptors (Lipinski definition) is 4. The number of aliphatic hydroxyl groups is 1. The number of β-amino-alcohol motifs (C(OH)–C–C–N with tert-alkyl or cyclic N) is 1. The van der Waals surface area contributed by atoms with Gasteiger partial charge in [-0.1, -0.05) is 19.1 Å². The van der Waals surface area contributed by atoms with Gasteiger partial charge in [0.1, 0.15) is 0 Å². The number of Topliss-reactive ketones (excluding diaryl/α,β-unsaturated/α-hetero) is 1. The Labute approximate surface area is 118 Å². The van der Waals surface area contributed by atoms with Crippen LogP contribution in [0.25, 0.3) is 0 Å². The van der Waals surface area contributed by atoms with E-state index in [-0.39, 0.29) is 17.6 Å². The number of aliphatic hydroxyl groups excluding tert-OH is 1. The fourth-order valence-electron chi connectivity index (χ4n) is 2.26. The zero-order valence-corrected chi connectivity index (χ0v) is 11.6. The number of benzene rings is 1. The number of rotatable bonds is 5. The van der Waals surface area contributed by atoms with E-state index in [9.17, 15) is 14.7 Å². The summed E-state index contributed by atoms with van der Waals surface area (Å²) in [6.07, 6.45) is 0.0535. The lowest BCUT2D eigenvalue weighted by Gasteiger charge is -2.14. The van der Waals surface area contributed by atoms with Crippen molar-refractivity contribution in [2.45, 2.75) is 19.4 Å². The van der Waals surface area contributed by atoms with Crippen LogP contribution in [0.1, 0.15) is 34.1 Å². The fraction of sp³-hybridized carbons (Fsp3) is 0.467. The molecule has 0 spiro atoms. The number of hydrogen-bond donors (Lipinski definition) is 3. The van der Waals surface area contributed by atoms with Gasteiger partial charge in [0.15, 0.2) is 5.78 Å². The van der Waals surface area contributed by atoms with Crippen LogP contribution < -0.4 is 10.6 Å². The molecule has 1 aromatic rings. The maximum Gasteiger partial charge on any atom is 0.251 e. The first-order valence-corrected chi connectivity index (χ1v) is 6.92. The molecule has 0 aromatic heterocycles. The van der Waals surface area contributed by atoms with E-state index < -0.39 is 6.10 Å². The highest BCUT2D eigenvalue weighted by atomic mass is 16.3. The molecule has 0 bridgehead atoms. The fourth-order valence-corrected chi connectivity index (χ4v) is 2.26. The molecule has 1 amide bonds. The van der Waals surface area contributed by atoms with E-state index in [1.54, 1.807) is 24.3 Å². The molecule has 0 saturated carbocycles. The highest BCUT2D eigenvalue weighted by Crippen LogP contribution is 2.09. The minimum Gasteiger partial charge on any atom is -0.391 e. The van der Waals surface area contributed by atoms with Crippen molar-refractivity contribution in [2.24, 2.45) is 5.92 Å². The molecule has 1 heterocycles. The third-order valence-corrected chi connectivity index (χ3v) is 3.62. The molecule has 1 fully saturated rings. The van der Waals surface area contributed by atoms with Crippen LogP contribution in [0.5, 0.6) is 0 Å². The lowest BCUT2D eigenvalue weighted by Crippen LogP contribution is -2.34. The molecule has 2 atom stereocenters. The summed E-state index contributed by atoms with van der Waals surface area (Å²) in [4.78, 5) is 23.5. The van der Waals surface area contributed by atoms with Crippen LogP contribution in [-0.2, 0) is 0 Å². The molecule has 0 radical (unpaired) electrons. The normalized spacial score (nSPS) is 21.7. The second-order valence-electron chi connectivity index (χ2n) is 5.05. The minimum atomic E-state index is -0.403. The quantitative estimate of drug-likeness (QED) is 0.688. The van der Waals surface area contributed by atoms with E-state index in [2.05, 4.69) is 10.6 Å². The summed E-state index contributed by atoms with van der Waals surface area (Å²) in [7, 11) is 0. The maximum atomic E-state index is 12.0. The van der Waals surface area contributed by atoms with Gasteiger partial charge < -0.3 is 15.7 Å². The minimum absolute atomic E-state index is 0.0555. The summed E-state index contributed by atoms with van der Waals surface area (Å²) in [5.41, 5.74) is 1.15. The van der Waals surface area contributed by atoms with E-state index in [0.29, 0.717) is 37.2 Å². The molecule has 3 N–H and O–H groups in total. The third-order valence-electron chi connectivity index (χ3n) is 3.62. The van der Waals surface area contributed by atoms with Crippen molar-refractivity contribution in [2.75, 3.05) is 19.6 Å². The topological polar surface area (TPSA) is 78.4 Å². The Morgan fingerprint density at radius 3 is 2.45 bits per heavy atom. The summed E-state index contributed by atoms with van der Waals surface area (Å²) in [6, 6.07) is 6.66. The summed E-state index contributed by atoms with van der Waals surface area (Å²) in [5.74, 6) is -0.0587. The van der Waals surface area contributed by atoms with Gasteiger partial charge in [0.25, 0.3) is 5.91 Å². The molecule has 20 heavy (non-hydrogen) atoms. The first-order valence-electron chi connectivity index (χ1n) is 6.92. The largest absolute Gasteiger partial charge is 0.391 e. The zero-order valence-electron chi connectivity index (χ0n) is 11.6. The van der Waals surface area contributed by atoms with Gasteiger partial charge in [-0.2, -0.15) is 0 Å². The third kappa shape index (κ3) is 3.43. The van der Waals surface area contributed by atoms with Gasteiger partial charge in [-0.05, 0) is 12.1 Å². The average molecular weight is 276 g/mol. The summed E-state index contributed by atoms with van der Waals surface area (Å²) in [6.45, 7) is 3.55. The SMILES string of the molecule is CCC(=O)c1ccc(C(=O)NCC2CNCC2O)cc1. The predicted molar refractivity (Wildman–Crippen MR) is 75.8 cm³/mol. The van der Waals surface area contributed by atoms with Gasteiger partial charge in [-0.3, -0.25) is 9.59 Å². The van der Waals surface area contributed by atoms with Crippen LogP contribution >= 0.6 is 0 Å². The molecule has 1 aliphatic rings. The Hall–Kier alpha value is -1.72. The molecule has 1 aliphatic heterocycles. The van der Waals surface area contributed by atoms with Gasteiger partial charge in [-0.25, -0.2) is 0 Å². The monoisotopic (exact) mass is 276 g/mol. The first kappa shape index (κ1) is 14.7. The van der Waals surface area contributed by atoms with Crippen LogP contribution in [0.4, 0.5) is 0 Å². The van der Waals surface area contributed by atoms with Crippen LogP contribution in [0.3, 0.4) is 0 Å².